The quantitative estimate of drug-likeness (QED) is 0.303. The number of nitrogens with zero attached hydrogens (tertiary/aromatic N) is 5. The molecule has 1 atom stereocenters. The predicted octanol–water partition coefficient (Wildman–Crippen LogP) is 4.69. The van der Waals surface area contributed by atoms with Gasteiger partial charge in [-0.25, -0.2) is 5.01 Å². The van der Waals surface area contributed by atoms with E-state index in [-0.39, 0.29) is 11.8 Å². The van der Waals surface area contributed by atoms with Gasteiger partial charge < -0.3 is 4.42 Å². The fraction of sp³-hybridized carbons (Fsp3) is 0.125. The van der Waals surface area contributed by atoms with Gasteiger partial charge in [0.15, 0.2) is 0 Å². The molecular weight excluding hydrogens is 428 g/mol. The summed E-state index contributed by atoms with van der Waals surface area (Å²) in [5.41, 5.74) is 2.86. The molecule has 0 aliphatic rings. The van der Waals surface area contributed by atoms with E-state index in [0.29, 0.717) is 11.1 Å². The number of hydrogen-bond donors (Lipinski definition) is 0. The lowest BCUT2D eigenvalue weighted by Gasteiger charge is -2.21. The zero-order chi connectivity index (χ0) is 23.2. The molecular formula is C24H19F2N5O2. The van der Waals surface area contributed by atoms with Gasteiger partial charge in [0.2, 0.25) is 5.89 Å². The minimum absolute atomic E-state index is 0.00383. The summed E-state index contributed by atoms with van der Waals surface area (Å²) in [6.07, 6.45) is 2.01. The Morgan fingerprint density at radius 1 is 0.970 bits per heavy atom. The SMILES string of the molecule is CN(/N=C/c1ccc(-c2nnc(C(F)F)o2)cc1)C(=O)[C@@H](c1ccccc1)c1ccncc1. The van der Waals surface area contributed by atoms with Crippen molar-refractivity contribution in [1.82, 2.24) is 20.2 Å². The number of hydrogen-bond acceptors (Lipinski definition) is 6. The van der Waals surface area contributed by atoms with Crippen molar-refractivity contribution in [2.24, 2.45) is 5.10 Å². The van der Waals surface area contributed by atoms with Crippen LogP contribution in [0.4, 0.5) is 8.78 Å². The Morgan fingerprint density at radius 2 is 1.64 bits per heavy atom. The largest absolute Gasteiger partial charge is 0.415 e. The monoisotopic (exact) mass is 447 g/mol. The van der Waals surface area contributed by atoms with Crippen LogP contribution in [-0.2, 0) is 4.79 Å². The smallest absolute Gasteiger partial charge is 0.314 e. The molecule has 7 nitrogen and oxygen atoms in total. The number of pyridine rings is 1. The number of halogens is 2. The van der Waals surface area contributed by atoms with Crippen LogP contribution in [-0.4, -0.2) is 39.4 Å². The maximum atomic E-state index is 13.3. The molecule has 2 aromatic heterocycles. The standard InChI is InChI=1S/C24H19F2N5O2/c1-31(24(32)20(17-5-3-2-4-6-17)18-11-13-27-14-12-18)28-15-16-7-9-19(10-8-16)22-29-30-23(33-22)21(25)26/h2-15,20-21H,1H3/b28-15+/t20-/m0/s1. The molecule has 166 valence electrons. The number of carbonyl (C=O) groups is 1. The van der Waals surface area contributed by atoms with E-state index in [9.17, 15) is 13.6 Å². The second kappa shape index (κ2) is 9.90. The van der Waals surface area contributed by atoms with Crippen LogP contribution in [0.3, 0.4) is 0 Å². The highest BCUT2D eigenvalue weighted by Crippen LogP contribution is 2.26. The number of amides is 1. The summed E-state index contributed by atoms with van der Waals surface area (Å²) in [6, 6.07) is 19.8. The molecule has 33 heavy (non-hydrogen) atoms. The van der Waals surface area contributed by atoms with E-state index in [1.807, 2.05) is 42.5 Å². The van der Waals surface area contributed by atoms with Gasteiger partial charge in [-0.1, -0.05) is 42.5 Å². The second-order valence-corrected chi connectivity index (χ2v) is 7.10. The van der Waals surface area contributed by atoms with E-state index in [0.717, 1.165) is 11.1 Å². The van der Waals surface area contributed by atoms with Gasteiger partial charge in [-0.2, -0.15) is 13.9 Å². The number of rotatable bonds is 7. The summed E-state index contributed by atoms with van der Waals surface area (Å²) in [6.45, 7) is 0. The minimum Gasteiger partial charge on any atom is -0.415 e. The van der Waals surface area contributed by atoms with Gasteiger partial charge in [0, 0.05) is 25.0 Å². The molecule has 0 unspecified atom stereocenters. The number of alkyl halides is 2. The Bertz CT molecular complexity index is 1190. The van der Waals surface area contributed by atoms with Crippen molar-refractivity contribution in [2.75, 3.05) is 7.05 Å². The molecule has 4 rings (SSSR count). The van der Waals surface area contributed by atoms with Crippen LogP contribution in [0.25, 0.3) is 11.5 Å². The highest BCUT2D eigenvalue weighted by atomic mass is 19.3. The van der Waals surface area contributed by atoms with Crippen LogP contribution in [0.5, 0.6) is 0 Å². The third kappa shape index (κ3) is 5.15. The molecule has 0 saturated heterocycles. The van der Waals surface area contributed by atoms with Crippen molar-refractivity contribution < 1.29 is 18.0 Å². The lowest BCUT2D eigenvalue weighted by Crippen LogP contribution is -2.28. The van der Waals surface area contributed by atoms with Crippen molar-refractivity contribution in [3.8, 4) is 11.5 Å². The molecule has 2 aromatic carbocycles. The topological polar surface area (TPSA) is 84.5 Å². The summed E-state index contributed by atoms with van der Waals surface area (Å²) in [5.74, 6) is -1.45. The molecule has 0 bridgehead atoms. The Morgan fingerprint density at radius 3 is 2.27 bits per heavy atom. The number of carbonyl (C=O) groups excluding carboxylic acids is 1. The maximum Gasteiger partial charge on any atom is 0.314 e. The normalized spacial score (nSPS) is 12.2. The van der Waals surface area contributed by atoms with Gasteiger partial charge >= 0.3 is 6.43 Å². The average Bonchev–Trinajstić information content (AvgIpc) is 3.35. The third-order valence-electron chi connectivity index (χ3n) is 4.90. The number of benzene rings is 2. The first kappa shape index (κ1) is 21.9. The highest BCUT2D eigenvalue weighted by molar-refractivity contribution is 5.88. The Balaban J connectivity index is 1.50. The highest BCUT2D eigenvalue weighted by Gasteiger charge is 2.25. The van der Waals surface area contributed by atoms with Crippen molar-refractivity contribution >= 4 is 12.1 Å². The van der Waals surface area contributed by atoms with Crippen LogP contribution in [0.2, 0.25) is 0 Å². The molecule has 9 heteroatoms. The molecule has 0 fully saturated rings. The van der Waals surface area contributed by atoms with Crippen molar-refractivity contribution in [1.29, 1.82) is 0 Å². The van der Waals surface area contributed by atoms with Gasteiger partial charge in [0.05, 0.1) is 12.1 Å². The van der Waals surface area contributed by atoms with E-state index < -0.39 is 18.2 Å². The zero-order valence-electron chi connectivity index (χ0n) is 17.5. The summed E-state index contributed by atoms with van der Waals surface area (Å²) < 4.78 is 30.2. The number of aromatic nitrogens is 3. The van der Waals surface area contributed by atoms with E-state index in [4.69, 9.17) is 4.42 Å². The average molecular weight is 447 g/mol. The minimum atomic E-state index is -2.82. The fourth-order valence-corrected chi connectivity index (χ4v) is 3.23. The summed E-state index contributed by atoms with van der Waals surface area (Å²) in [7, 11) is 1.59. The molecule has 1 amide bonds. The molecule has 0 saturated carbocycles. The van der Waals surface area contributed by atoms with Gasteiger partial charge in [-0.05, 0) is 41.0 Å². The first-order valence-electron chi connectivity index (χ1n) is 10.0. The van der Waals surface area contributed by atoms with Crippen LogP contribution < -0.4 is 0 Å². The van der Waals surface area contributed by atoms with Gasteiger partial charge in [0.25, 0.3) is 11.8 Å². The molecule has 0 aliphatic carbocycles. The zero-order valence-corrected chi connectivity index (χ0v) is 17.5. The lowest BCUT2D eigenvalue weighted by molar-refractivity contribution is -0.130. The predicted molar refractivity (Wildman–Crippen MR) is 118 cm³/mol. The number of likely N-dealkylation sites (N-methyl/N-ethyl adjacent to an activating group) is 1. The van der Waals surface area contributed by atoms with Crippen molar-refractivity contribution in [3.63, 3.8) is 0 Å². The summed E-state index contributed by atoms with van der Waals surface area (Å²) in [5, 5.41) is 12.5. The Labute approximate surface area is 188 Å². The van der Waals surface area contributed by atoms with Gasteiger partial charge in [0.1, 0.15) is 0 Å². The molecule has 0 N–H and O–H groups in total. The second-order valence-electron chi connectivity index (χ2n) is 7.10. The van der Waals surface area contributed by atoms with E-state index in [1.54, 1.807) is 43.7 Å². The van der Waals surface area contributed by atoms with Crippen molar-refractivity contribution in [2.45, 2.75) is 12.3 Å². The molecule has 0 aliphatic heterocycles. The maximum absolute atomic E-state index is 13.3. The van der Waals surface area contributed by atoms with Gasteiger partial charge in [-0.3, -0.25) is 9.78 Å². The van der Waals surface area contributed by atoms with Crippen LogP contribution in [0.15, 0.2) is 88.6 Å². The van der Waals surface area contributed by atoms with Crippen LogP contribution >= 0.6 is 0 Å². The first-order chi connectivity index (χ1) is 16.0. The fourth-order valence-electron chi connectivity index (χ4n) is 3.23. The third-order valence-corrected chi connectivity index (χ3v) is 4.90. The Kier molecular flexibility index (Phi) is 6.58. The molecule has 4 aromatic rings. The number of hydrazone groups is 1. The van der Waals surface area contributed by atoms with E-state index in [1.165, 1.54) is 11.2 Å². The van der Waals surface area contributed by atoms with E-state index >= 15 is 0 Å². The lowest BCUT2D eigenvalue weighted by atomic mass is 9.91. The summed E-state index contributed by atoms with van der Waals surface area (Å²) >= 11 is 0. The van der Waals surface area contributed by atoms with Crippen molar-refractivity contribution in [3.05, 3.63) is 102 Å². The van der Waals surface area contributed by atoms with Gasteiger partial charge in [-0.15, -0.1) is 10.2 Å². The molecule has 0 spiro atoms. The molecule has 2 heterocycles. The van der Waals surface area contributed by atoms with Crippen LogP contribution in [0, 0.1) is 0 Å². The van der Waals surface area contributed by atoms with E-state index in [2.05, 4.69) is 20.3 Å². The first-order valence-corrected chi connectivity index (χ1v) is 10.0. The summed E-state index contributed by atoms with van der Waals surface area (Å²) in [4.78, 5) is 17.3. The Hall–Kier alpha value is -4.27. The van der Waals surface area contributed by atoms with Crippen LogP contribution in [0.1, 0.15) is 34.9 Å². The molecule has 0 radical (unpaired) electrons.